The molecule has 0 unspecified atom stereocenters. The molecule has 2 nitrogen and oxygen atoms in total. The molecule has 26 heavy (non-hydrogen) atoms. The number of benzene rings is 2. The van der Waals surface area contributed by atoms with Crippen LogP contribution in [0.3, 0.4) is 0 Å². The Hall–Kier alpha value is -1.46. The molecule has 0 aromatic heterocycles. The molecule has 0 amide bonds. The summed E-state index contributed by atoms with van der Waals surface area (Å²) >= 11 is 6.24. The standard InChI is InChI=1S/C21H22BNOS2/c1-23-11-3-4-14-12-15(5-6-18(14)23)21(22)10-9-16-17(13-25)20(26-2)8-7-19(16)24-21/h5-10,12,25H,3-4,11,13H2,1-2H3/t21-/m0/s1. The van der Waals surface area contributed by atoms with Gasteiger partial charge in [-0.15, -0.1) is 11.8 Å². The van der Waals surface area contributed by atoms with Crippen LogP contribution in [0.15, 0.2) is 41.3 Å². The Bertz CT molecular complexity index is 883. The third kappa shape index (κ3) is 2.95. The Morgan fingerprint density at radius 1 is 1.31 bits per heavy atom. The van der Waals surface area contributed by atoms with Gasteiger partial charge in [0, 0.05) is 35.5 Å². The number of anilines is 1. The maximum atomic E-state index is 6.68. The van der Waals surface area contributed by atoms with Crippen molar-refractivity contribution in [2.75, 3.05) is 24.7 Å². The second-order valence-corrected chi connectivity index (χ2v) is 8.08. The number of rotatable bonds is 3. The Morgan fingerprint density at radius 3 is 2.92 bits per heavy atom. The Morgan fingerprint density at radius 2 is 2.15 bits per heavy atom. The fourth-order valence-corrected chi connectivity index (χ4v) is 4.94. The molecule has 2 aliphatic heterocycles. The molecule has 0 aliphatic carbocycles. The maximum absolute atomic E-state index is 6.68. The summed E-state index contributed by atoms with van der Waals surface area (Å²) < 4.78 is 6.30. The molecule has 0 N–H and O–H groups in total. The van der Waals surface area contributed by atoms with Crippen molar-refractivity contribution in [3.05, 3.63) is 58.7 Å². The summed E-state index contributed by atoms with van der Waals surface area (Å²) in [5, 5.41) is 0. The van der Waals surface area contributed by atoms with Gasteiger partial charge in [0.05, 0.1) is 0 Å². The maximum Gasteiger partial charge on any atom is 0.144 e. The van der Waals surface area contributed by atoms with Crippen LogP contribution < -0.4 is 9.64 Å². The van der Waals surface area contributed by atoms with E-state index in [0.29, 0.717) is 5.75 Å². The zero-order valence-corrected chi connectivity index (χ0v) is 16.9. The molecule has 2 aliphatic rings. The van der Waals surface area contributed by atoms with Crippen LogP contribution in [0.25, 0.3) is 6.08 Å². The highest BCUT2D eigenvalue weighted by molar-refractivity contribution is 7.98. The highest BCUT2D eigenvalue weighted by Crippen LogP contribution is 2.41. The van der Waals surface area contributed by atoms with Crippen LogP contribution in [0.2, 0.25) is 0 Å². The number of hydrogen-bond donors (Lipinski definition) is 1. The minimum Gasteiger partial charge on any atom is -0.488 e. The lowest BCUT2D eigenvalue weighted by Gasteiger charge is -2.35. The Labute approximate surface area is 166 Å². The van der Waals surface area contributed by atoms with E-state index in [1.54, 1.807) is 11.8 Å². The van der Waals surface area contributed by atoms with E-state index in [1.807, 2.05) is 12.1 Å². The second kappa shape index (κ2) is 6.93. The van der Waals surface area contributed by atoms with E-state index in [-0.39, 0.29) is 0 Å². The van der Waals surface area contributed by atoms with Gasteiger partial charge < -0.3 is 9.64 Å². The topological polar surface area (TPSA) is 12.5 Å². The Balaban J connectivity index is 1.73. The fourth-order valence-electron chi connectivity index (χ4n) is 3.86. The van der Waals surface area contributed by atoms with Crippen molar-refractivity contribution in [1.82, 2.24) is 0 Å². The third-order valence-electron chi connectivity index (χ3n) is 5.31. The van der Waals surface area contributed by atoms with Crippen molar-refractivity contribution >= 4 is 44.0 Å². The summed E-state index contributed by atoms with van der Waals surface area (Å²) in [6.45, 7) is 1.11. The van der Waals surface area contributed by atoms with Crippen LogP contribution >= 0.6 is 24.4 Å². The van der Waals surface area contributed by atoms with Crippen LogP contribution in [-0.4, -0.2) is 27.7 Å². The molecule has 0 saturated heterocycles. The van der Waals surface area contributed by atoms with Gasteiger partial charge in [-0.1, -0.05) is 18.2 Å². The van der Waals surface area contributed by atoms with Crippen molar-refractivity contribution in [2.24, 2.45) is 0 Å². The van der Waals surface area contributed by atoms with Crippen molar-refractivity contribution in [3.8, 4) is 5.75 Å². The van der Waals surface area contributed by atoms with Crippen molar-refractivity contribution in [2.45, 2.75) is 29.0 Å². The van der Waals surface area contributed by atoms with Crippen LogP contribution in [0.4, 0.5) is 5.69 Å². The highest BCUT2D eigenvalue weighted by atomic mass is 32.2. The average Bonchev–Trinajstić information content (AvgIpc) is 2.66. The molecule has 4 rings (SSSR count). The van der Waals surface area contributed by atoms with E-state index >= 15 is 0 Å². The summed E-state index contributed by atoms with van der Waals surface area (Å²) in [5.74, 6) is 1.50. The smallest absolute Gasteiger partial charge is 0.144 e. The second-order valence-electron chi connectivity index (χ2n) is 6.91. The zero-order chi connectivity index (χ0) is 18.3. The number of fused-ring (bicyclic) bond motifs is 2. The van der Waals surface area contributed by atoms with Crippen LogP contribution in [0.1, 0.15) is 28.7 Å². The van der Waals surface area contributed by atoms with E-state index in [4.69, 9.17) is 12.6 Å². The molecule has 0 saturated carbocycles. The van der Waals surface area contributed by atoms with Crippen LogP contribution in [0, 0.1) is 0 Å². The Kier molecular flexibility index (Phi) is 4.78. The summed E-state index contributed by atoms with van der Waals surface area (Å²) in [6.07, 6.45) is 8.41. The molecule has 2 aromatic rings. The van der Waals surface area contributed by atoms with E-state index in [2.05, 4.69) is 61.2 Å². The molecular formula is C21H22BNOS2. The third-order valence-corrected chi connectivity index (χ3v) is 6.45. The van der Waals surface area contributed by atoms with Gasteiger partial charge in [-0.05, 0) is 60.1 Å². The number of thioether (sulfide) groups is 1. The molecule has 2 aromatic carbocycles. The van der Waals surface area contributed by atoms with Crippen LogP contribution in [-0.2, 0) is 17.7 Å². The van der Waals surface area contributed by atoms with Gasteiger partial charge in [0.15, 0.2) is 0 Å². The van der Waals surface area contributed by atoms with Gasteiger partial charge in [0.25, 0.3) is 0 Å². The monoisotopic (exact) mass is 379 g/mol. The molecule has 2 radical (unpaired) electrons. The lowest BCUT2D eigenvalue weighted by Crippen LogP contribution is -2.34. The number of nitrogens with zero attached hydrogens (tertiary/aromatic N) is 1. The van der Waals surface area contributed by atoms with E-state index in [1.165, 1.54) is 28.1 Å². The van der Waals surface area contributed by atoms with Crippen molar-refractivity contribution in [3.63, 3.8) is 0 Å². The minimum atomic E-state index is -0.938. The molecule has 0 fully saturated rings. The SMILES string of the molecule is [B][C@@]1(c2ccc3c(c2)CCCN3C)C=Cc2c(ccc(SC)c2CS)O1. The highest BCUT2D eigenvalue weighted by Gasteiger charge is 2.31. The first kappa shape index (κ1) is 17.9. The molecule has 5 heteroatoms. The molecule has 1 atom stereocenters. The van der Waals surface area contributed by atoms with Crippen molar-refractivity contribution in [1.29, 1.82) is 0 Å². The summed E-state index contributed by atoms with van der Waals surface area (Å²) in [4.78, 5) is 3.54. The number of hydrogen-bond acceptors (Lipinski definition) is 4. The lowest BCUT2D eigenvalue weighted by molar-refractivity contribution is 0.205. The number of aryl methyl sites for hydroxylation is 1. The molecule has 0 bridgehead atoms. The first-order valence-corrected chi connectivity index (χ1v) is 10.7. The molecule has 2 heterocycles. The molecular weight excluding hydrogens is 357 g/mol. The largest absolute Gasteiger partial charge is 0.488 e. The predicted octanol–water partition coefficient (Wildman–Crippen LogP) is 4.65. The summed E-state index contributed by atoms with van der Waals surface area (Å²) in [7, 11) is 8.82. The minimum absolute atomic E-state index is 0.676. The fraction of sp³-hybridized carbons (Fsp3) is 0.333. The number of thiol groups is 1. The quantitative estimate of drug-likeness (QED) is 0.474. The summed E-state index contributed by atoms with van der Waals surface area (Å²) in [6, 6.07) is 10.6. The van der Waals surface area contributed by atoms with Gasteiger partial charge in [-0.25, -0.2) is 0 Å². The van der Waals surface area contributed by atoms with Gasteiger partial charge >= 0.3 is 0 Å². The zero-order valence-electron chi connectivity index (χ0n) is 15.2. The summed E-state index contributed by atoms with van der Waals surface area (Å²) in [5.41, 5.74) is 4.99. The molecule has 0 spiro atoms. The van der Waals surface area contributed by atoms with E-state index in [9.17, 15) is 0 Å². The van der Waals surface area contributed by atoms with Gasteiger partial charge in [-0.3, -0.25) is 0 Å². The van der Waals surface area contributed by atoms with Crippen molar-refractivity contribution < 1.29 is 4.74 Å². The molecule has 132 valence electrons. The lowest BCUT2D eigenvalue weighted by atomic mass is 9.73. The van der Waals surface area contributed by atoms with E-state index < -0.39 is 5.50 Å². The van der Waals surface area contributed by atoms with Gasteiger partial charge in [0.2, 0.25) is 0 Å². The van der Waals surface area contributed by atoms with Gasteiger partial charge in [-0.2, -0.15) is 12.6 Å². The van der Waals surface area contributed by atoms with Crippen LogP contribution in [0.5, 0.6) is 5.75 Å². The first-order valence-electron chi connectivity index (χ1n) is 8.88. The van der Waals surface area contributed by atoms with Gasteiger partial charge in [0.1, 0.15) is 19.1 Å². The first-order chi connectivity index (χ1) is 12.6. The predicted molar refractivity (Wildman–Crippen MR) is 116 cm³/mol. The number of ether oxygens (including phenoxy) is 1. The average molecular weight is 379 g/mol. The van der Waals surface area contributed by atoms with E-state index in [0.717, 1.165) is 29.8 Å². The normalized spacial score (nSPS) is 21.1.